The van der Waals surface area contributed by atoms with Gasteiger partial charge in [-0.15, -0.1) is 0 Å². The second-order valence-corrected chi connectivity index (χ2v) is 6.71. The smallest absolute Gasteiger partial charge is 0.251 e. The number of rotatable bonds is 6. The Morgan fingerprint density at radius 1 is 0.917 bits per heavy atom. The number of carbonyl (C=O) groups excluding carboxylic acids is 2. The van der Waals surface area contributed by atoms with E-state index in [2.05, 4.69) is 40.4 Å². The lowest BCUT2D eigenvalue weighted by Gasteiger charge is -2.09. The summed E-state index contributed by atoms with van der Waals surface area (Å²) in [5, 5.41) is 5.59. The van der Waals surface area contributed by atoms with E-state index in [0.717, 1.165) is 4.47 Å². The van der Waals surface area contributed by atoms with E-state index >= 15 is 0 Å². The predicted octanol–water partition coefficient (Wildman–Crippen LogP) is 3.73. The molecule has 0 bridgehead atoms. The Kier molecular flexibility index (Phi) is 6.55. The lowest BCUT2D eigenvalue weighted by Crippen LogP contribution is -2.34. The summed E-state index contributed by atoms with van der Waals surface area (Å²) in [6.07, 6.45) is 0. The highest BCUT2D eigenvalue weighted by Crippen LogP contribution is 2.14. The summed E-state index contributed by atoms with van der Waals surface area (Å²) >= 11 is 3.33. The van der Waals surface area contributed by atoms with Crippen molar-refractivity contribution in [2.75, 3.05) is 13.1 Å². The topological polar surface area (TPSA) is 58.2 Å². The predicted molar refractivity (Wildman–Crippen MR) is 99.3 cm³/mol. The Labute approximate surface area is 150 Å². The third kappa shape index (κ3) is 5.20. The number of hydrogen-bond acceptors (Lipinski definition) is 2. The standard InChI is InChI=1S/C19H21BrN2O2/c1-13(2)14-6-8-15(9-7-14)18(23)21-10-11-22-19(24)16-4-3-5-17(20)12-16/h3-9,12-13H,10-11H2,1-2H3,(H,21,23)(H,22,24). The zero-order valence-corrected chi connectivity index (χ0v) is 15.4. The summed E-state index contributed by atoms with van der Waals surface area (Å²) in [7, 11) is 0. The molecule has 0 aromatic heterocycles. The summed E-state index contributed by atoms with van der Waals surface area (Å²) in [5.41, 5.74) is 2.41. The molecule has 4 nitrogen and oxygen atoms in total. The Bertz CT molecular complexity index is 712. The van der Waals surface area contributed by atoms with Crippen molar-refractivity contribution in [1.29, 1.82) is 0 Å². The van der Waals surface area contributed by atoms with Crippen LogP contribution in [0.5, 0.6) is 0 Å². The molecule has 0 spiro atoms. The van der Waals surface area contributed by atoms with E-state index in [0.29, 0.717) is 30.1 Å². The fourth-order valence-electron chi connectivity index (χ4n) is 2.21. The largest absolute Gasteiger partial charge is 0.350 e. The van der Waals surface area contributed by atoms with Crippen LogP contribution in [-0.2, 0) is 0 Å². The molecule has 0 atom stereocenters. The third-order valence-electron chi connectivity index (χ3n) is 3.62. The Balaban J connectivity index is 1.77. The van der Waals surface area contributed by atoms with E-state index in [4.69, 9.17) is 0 Å². The molecule has 126 valence electrons. The molecule has 2 amide bonds. The van der Waals surface area contributed by atoms with E-state index in [1.165, 1.54) is 5.56 Å². The average Bonchev–Trinajstić information content (AvgIpc) is 2.58. The van der Waals surface area contributed by atoms with Crippen molar-refractivity contribution < 1.29 is 9.59 Å². The molecule has 0 saturated carbocycles. The molecule has 24 heavy (non-hydrogen) atoms. The first-order valence-electron chi connectivity index (χ1n) is 7.89. The number of benzene rings is 2. The number of halogens is 1. The number of amides is 2. The van der Waals surface area contributed by atoms with Crippen molar-refractivity contribution in [3.63, 3.8) is 0 Å². The summed E-state index contributed by atoms with van der Waals surface area (Å²) in [5.74, 6) is 0.143. The number of nitrogens with one attached hydrogen (secondary N) is 2. The molecular weight excluding hydrogens is 368 g/mol. The lowest BCUT2D eigenvalue weighted by molar-refractivity contribution is 0.0927. The zero-order valence-electron chi connectivity index (χ0n) is 13.8. The van der Waals surface area contributed by atoms with Gasteiger partial charge in [-0.05, 0) is 41.8 Å². The molecule has 0 saturated heterocycles. The van der Waals surface area contributed by atoms with Gasteiger partial charge in [0, 0.05) is 28.7 Å². The van der Waals surface area contributed by atoms with E-state index in [1.54, 1.807) is 12.1 Å². The van der Waals surface area contributed by atoms with Crippen molar-refractivity contribution in [2.45, 2.75) is 19.8 Å². The number of hydrogen-bond donors (Lipinski definition) is 2. The van der Waals surface area contributed by atoms with Crippen molar-refractivity contribution >= 4 is 27.7 Å². The highest BCUT2D eigenvalue weighted by atomic mass is 79.9. The molecule has 0 heterocycles. The molecule has 0 aliphatic carbocycles. The highest BCUT2D eigenvalue weighted by Gasteiger charge is 2.07. The van der Waals surface area contributed by atoms with Crippen LogP contribution in [0.1, 0.15) is 46.0 Å². The SMILES string of the molecule is CC(C)c1ccc(C(=O)NCCNC(=O)c2cccc(Br)c2)cc1. The second kappa shape index (κ2) is 8.64. The first kappa shape index (κ1) is 18.2. The first-order chi connectivity index (χ1) is 11.5. The lowest BCUT2D eigenvalue weighted by atomic mass is 10.0. The molecule has 0 aliphatic rings. The Morgan fingerprint density at radius 3 is 2.04 bits per heavy atom. The van der Waals surface area contributed by atoms with Crippen LogP contribution in [0.4, 0.5) is 0 Å². The van der Waals surface area contributed by atoms with Crippen molar-refractivity contribution in [3.05, 3.63) is 69.7 Å². The molecule has 0 unspecified atom stereocenters. The van der Waals surface area contributed by atoms with Crippen molar-refractivity contribution in [1.82, 2.24) is 10.6 Å². The van der Waals surface area contributed by atoms with E-state index in [-0.39, 0.29) is 11.8 Å². The van der Waals surface area contributed by atoms with Crippen LogP contribution >= 0.6 is 15.9 Å². The van der Waals surface area contributed by atoms with Gasteiger partial charge >= 0.3 is 0 Å². The van der Waals surface area contributed by atoms with E-state index in [1.807, 2.05) is 36.4 Å². The fraction of sp³-hybridized carbons (Fsp3) is 0.263. The molecule has 0 aliphatic heterocycles. The minimum atomic E-state index is -0.160. The maximum atomic E-state index is 12.1. The van der Waals surface area contributed by atoms with Crippen molar-refractivity contribution in [2.24, 2.45) is 0 Å². The normalized spacial score (nSPS) is 10.5. The van der Waals surface area contributed by atoms with E-state index in [9.17, 15) is 9.59 Å². The summed E-state index contributed by atoms with van der Waals surface area (Å²) in [6, 6.07) is 14.8. The summed E-state index contributed by atoms with van der Waals surface area (Å²) in [4.78, 5) is 24.0. The van der Waals surface area contributed by atoms with Gasteiger partial charge in [0.2, 0.25) is 0 Å². The molecule has 5 heteroatoms. The molecule has 2 rings (SSSR count). The number of carbonyl (C=O) groups is 2. The van der Waals surface area contributed by atoms with Crippen molar-refractivity contribution in [3.8, 4) is 0 Å². The van der Waals surface area contributed by atoms with Crippen LogP contribution < -0.4 is 10.6 Å². The van der Waals surface area contributed by atoms with Gasteiger partial charge in [-0.3, -0.25) is 9.59 Å². The van der Waals surface area contributed by atoms with Crippen LogP contribution in [0.15, 0.2) is 53.0 Å². The Morgan fingerprint density at radius 2 is 1.50 bits per heavy atom. The molecular formula is C19H21BrN2O2. The first-order valence-corrected chi connectivity index (χ1v) is 8.68. The van der Waals surface area contributed by atoms with Gasteiger partial charge in [0.25, 0.3) is 11.8 Å². The van der Waals surface area contributed by atoms with Gasteiger partial charge in [0.15, 0.2) is 0 Å². The van der Waals surface area contributed by atoms with E-state index < -0.39 is 0 Å². The monoisotopic (exact) mass is 388 g/mol. The van der Waals surface area contributed by atoms with Crippen LogP contribution in [0.3, 0.4) is 0 Å². The zero-order chi connectivity index (χ0) is 17.5. The van der Waals surface area contributed by atoms with Gasteiger partial charge in [0.1, 0.15) is 0 Å². The third-order valence-corrected chi connectivity index (χ3v) is 4.12. The van der Waals surface area contributed by atoms with Crippen LogP contribution in [0.2, 0.25) is 0 Å². The maximum Gasteiger partial charge on any atom is 0.251 e. The summed E-state index contributed by atoms with van der Waals surface area (Å²) in [6.45, 7) is 4.98. The molecule has 2 aromatic carbocycles. The summed E-state index contributed by atoms with van der Waals surface area (Å²) < 4.78 is 0.855. The highest BCUT2D eigenvalue weighted by molar-refractivity contribution is 9.10. The van der Waals surface area contributed by atoms with Crippen LogP contribution in [0, 0.1) is 0 Å². The average molecular weight is 389 g/mol. The molecule has 0 radical (unpaired) electrons. The van der Waals surface area contributed by atoms with Crippen LogP contribution in [-0.4, -0.2) is 24.9 Å². The molecule has 2 aromatic rings. The van der Waals surface area contributed by atoms with Gasteiger partial charge in [-0.2, -0.15) is 0 Å². The van der Waals surface area contributed by atoms with Gasteiger partial charge in [-0.1, -0.05) is 48.0 Å². The molecule has 0 fully saturated rings. The molecule has 2 N–H and O–H groups in total. The fourth-order valence-corrected chi connectivity index (χ4v) is 2.60. The quantitative estimate of drug-likeness (QED) is 0.740. The van der Waals surface area contributed by atoms with Gasteiger partial charge < -0.3 is 10.6 Å². The Hall–Kier alpha value is -2.14. The van der Waals surface area contributed by atoms with Gasteiger partial charge in [-0.25, -0.2) is 0 Å². The second-order valence-electron chi connectivity index (χ2n) is 5.80. The van der Waals surface area contributed by atoms with Gasteiger partial charge in [0.05, 0.1) is 0 Å². The maximum absolute atomic E-state index is 12.1. The van der Waals surface area contributed by atoms with Crippen LogP contribution in [0.25, 0.3) is 0 Å². The minimum absolute atomic E-state index is 0.137. The minimum Gasteiger partial charge on any atom is -0.350 e.